The van der Waals surface area contributed by atoms with Crippen LogP contribution in [0, 0.1) is 0 Å². The third-order valence-corrected chi connectivity index (χ3v) is 2.48. The van der Waals surface area contributed by atoms with Gasteiger partial charge in [0.2, 0.25) is 5.91 Å². The summed E-state index contributed by atoms with van der Waals surface area (Å²) in [5, 5.41) is 3.20. The Morgan fingerprint density at radius 1 is 1.73 bits per heavy atom. The van der Waals surface area contributed by atoms with Crippen LogP contribution in [-0.2, 0) is 4.79 Å². The lowest BCUT2D eigenvalue weighted by Crippen LogP contribution is -2.45. The van der Waals surface area contributed by atoms with Crippen LogP contribution in [0.3, 0.4) is 0 Å². The maximum absolute atomic E-state index is 11.5. The summed E-state index contributed by atoms with van der Waals surface area (Å²) in [5.74, 6) is 0.665. The van der Waals surface area contributed by atoms with Gasteiger partial charge in [-0.3, -0.25) is 9.69 Å². The Balaban J connectivity index is 2.48. The highest BCUT2D eigenvalue weighted by atomic mass is 16.2. The molecule has 0 spiro atoms. The number of rotatable bonds is 0. The average Bonchev–Trinajstić information content (AvgIpc) is 2.17. The first kappa shape index (κ1) is 10.0. The minimum atomic E-state index is 0.00233. The highest BCUT2D eigenvalue weighted by Crippen LogP contribution is 2.27. The Morgan fingerprint density at radius 3 is 3.13 bits per heavy atom. The average molecular weight is 201 g/mol. The lowest BCUT2D eigenvalue weighted by atomic mass is 9.97. The summed E-state index contributed by atoms with van der Waals surface area (Å²) in [5.41, 5.74) is 1.42. The van der Waals surface area contributed by atoms with Crippen molar-refractivity contribution < 1.29 is 4.79 Å². The predicted octanol–water partition coefficient (Wildman–Crippen LogP) is 0.0423. The molecule has 2 heterocycles. The molecule has 1 aromatic heterocycles. The molecule has 2 rings (SSSR count). The van der Waals surface area contributed by atoms with Gasteiger partial charge in [0.1, 0.15) is 7.85 Å². The standard InChI is InChI=1S/C10H12BN3O/c1-6-4-12-9-3-8(11)5-13-10(9)14(6)7(2)15/h3,5-6,12H,4H2,1-2H3. The highest BCUT2D eigenvalue weighted by molar-refractivity contribution is 6.32. The van der Waals surface area contributed by atoms with E-state index in [0.717, 1.165) is 12.2 Å². The summed E-state index contributed by atoms with van der Waals surface area (Å²) in [6.07, 6.45) is 1.56. The maximum Gasteiger partial charge on any atom is 0.225 e. The zero-order chi connectivity index (χ0) is 11.0. The molecule has 1 atom stereocenters. The van der Waals surface area contributed by atoms with E-state index in [9.17, 15) is 4.79 Å². The molecular formula is C10H12BN3O. The van der Waals surface area contributed by atoms with Crippen molar-refractivity contribution in [1.82, 2.24) is 4.98 Å². The molecule has 1 aliphatic rings. The van der Waals surface area contributed by atoms with Crippen molar-refractivity contribution in [2.24, 2.45) is 0 Å². The smallest absolute Gasteiger partial charge is 0.225 e. The zero-order valence-corrected chi connectivity index (χ0v) is 8.82. The van der Waals surface area contributed by atoms with Gasteiger partial charge in [0.25, 0.3) is 0 Å². The van der Waals surface area contributed by atoms with E-state index >= 15 is 0 Å². The second-order valence-electron chi connectivity index (χ2n) is 3.76. The number of amides is 1. The second-order valence-corrected chi connectivity index (χ2v) is 3.76. The molecule has 4 nitrogen and oxygen atoms in total. The quantitative estimate of drug-likeness (QED) is 0.603. The Hall–Kier alpha value is -1.52. The monoisotopic (exact) mass is 201 g/mol. The fraction of sp³-hybridized carbons (Fsp3) is 0.400. The van der Waals surface area contributed by atoms with Gasteiger partial charge >= 0.3 is 0 Å². The summed E-state index contributed by atoms with van der Waals surface area (Å²) in [6.45, 7) is 4.25. The fourth-order valence-corrected chi connectivity index (χ4v) is 1.81. The number of pyridine rings is 1. The predicted molar refractivity (Wildman–Crippen MR) is 60.7 cm³/mol. The summed E-state index contributed by atoms with van der Waals surface area (Å²) in [6, 6.07) is 1.91. The fourth-order valence-electron chi connectivity index (χ4n) is 1.81. The highest BCUT2D eigenvalue weighted by Gasteiger charge is 2.26. The van der Waals surface area contributed by atoms with Gasteiger partial charge in [0.15, 0.2) is 5.82 Å². The van der Waals surface area contributed by atoms with Crippen LogP contribution < -0.4 is 15.7 Å². The number of anilines is 2. The maximum atomic E-state index is 11.5. The minimum absolute atomic E-state index is 0.00233. The van der Waals surface area contributed by atoms with E-state index in [0.29, 0.717) is 11.3 Å². The van der Waals surface area contributed by atoms with Gasteiger partial charge in [-0.2, -0.15) is 0 Å². The van der Waals surface area contributed by atoms with Crippen LogP contribution in [0.5, 0.6) is 0 Å². The van der Waals surface area contributed by atoms with Crippen molar-refractivity contribution in [2.75, 3.05) is 16.8 Å². The van der Waals surface area contributed by atoms with Crippen molar-refractivity contribution in [3.05, 3.63) is 12.3 Å². The first-order valence-electron chi connectivity index (χ1n) is 4.89. The third kappa shape index (κ3) is 1.69. The van der Waals surface area contributed by atoms with Crippen LogP contribution in [0.1, 0.15) is 13.8 Å². The SMILES string of the molecule is [B]c1cnc2c(c1)NCC(C)N2C(C)=O. The largest absolute Gasteiger partial charge is 0.380 e. The summed E-state index contributed by atoms with van der Waals surface area (Å²) in [7, 11) is 5.63. The molecule has 2 radical (unpaired) electrons. The molecule has 76 valence electrons. The number of hydrogen-bond donors (Lipinski definition) is 1. The van der Waals surface area contributed by atoms with Crippen LogP contribution in [0.25, 0.3) is 0 Å². The normalized spacial score (nSPS) is 19.3. The Labute approximate surface area is 90.1 Å². The van der Waals surface area contributed by atoms with Gasteiger partial charge in [-0.15, -0.1) is 0 Å². The number of nitrogens with one attached hydrogen (secondary N) is 1. The van der Waals surface area contributed by atoms with Crippen LogP contribution >= 0.6 is 0 Å². The summed E-state index contributed by atoms with van der Waals surface area (Å²) < 4.78 is 0. The van der Waals surface area contributed by atoms with E-state index in [1.807, 2.05) is 6.92 Å². The van der Waals surface area contributed by atoms with E-state index in [-0.39, 0.29) is 11.9 Å². The Bertz CT molecular complexity index is 408. The van der Waals surface area contributed by atoms with E-state index in [4.69, 9.17) is 7.85 Å². The van der Waals surface area contributed by atoms with Crippen LogP contribution in [0.2, 0.25) is 0 Å². The molecule has 0 saturated carbocycles. The summed E-state index contributed by atoms with van der Waals surface area (Å²) >= 11 is 0. The molecule has 15 heavy (non-hydrogen) atoms. The molecule has 1 N–H and O–H groups in total. The van der Waals surface area contributed by atoms with Gasteiger partial charge < -0.3 is 5.32 Å². The minimum Gasteiger partial charge on any atom is -0.380 e. The molecule has 1 aromatic rings. The number of fused-ring (bicyclic) bond motifs is 1. The van der Waals surface area contributed by atoms with E-state index < -0.39 is 0 Å². The topological polar surface area (TPSA) is 45.2 Å². The van der Waals surface area contributed by atoms with Crippen molar-refractivity contribution in [1.29, 1.82) is 0 Å². The molecule has 1 amide bonds. The van der Waals surface area contributed by atoms with Gasteiger partial charge in [0, 0.05) is 19.7 Å². The van der Waals surface area contributed by atoms with Gasteiger partial charge in [0.05, 0.1) is 11.7 Å². The molecule has 0 bridgehead atoms. The molecule has 0 aromatic carbocycles. The van der Waals surface area contributed by atoms with E-state index in [2.05, 4.69) is 10.3 Å². The van der Waals surface area contributed by atoms with E-state index in [1.165, 1.54) is 0 Å². The number of hydrogen-bond acceptors (Lipinski definition) is 3. The first-order chi connectivity index (χ1) is 7.09. The molecule has 1 aliphatic heterocycles. The molecule has 0 aliphatic carbocycles. The molecule has 0 fully saturated rings. The number of carbonyl (C=O) groups is 1. The molecule has 0 saturated heterocycles. The van der Waals surface area contributed by atoms with Gasteiger partial charge in [-0.05, 0) is 13.0 Å². The van der Waals surface area contributed by atoms with Crippen LogP contribution in [0.4, 0.5) is 11.5 Å². The van der Waals surface area contributed by atoms with Gasteiger partial charge in [-0.25, -0.2) is 4.98 Å². The second kappa shape index (κ2) is 3.57. The number of aromatic nitrogens is 1. The van der Waals surface area contributed by atoms with Crippen LogP contribution in [-0.4, -0.2) is 31.3 Å². The van der Waals surface area contributed by atoms with Crippen molar-refractivity contribution in [2.45, 2.75) is 19.9 Å². The third-order valence-electron chi connectivity index (χ3n) is 2.48. The van der Waals surface area contributed by atoms with Crippen molar-refractivity contribution in [3.8, 4) is 0 Å². The number of carbonyl (C=O) groups excluding carboxylic acids is 1. The Morgan fingerprint density at radius 2 is 2.47 bits per heavy atom. The van der Waals surface area contributed by atoms with Crippen molar-refractivity contribution >= 4 is 30.7 Å². The van der Waals surface area contributed by atoms with Crippen molar-refractivity contribution in [3.63, 3.8) is 0 Å². The zero-order valence-electron chi connectivity index (χ0n) is 8.82. The molecule has 1 unspecified atom stereocenters. The Kier molecular flexibility index (Phi) is 2.38. The first-order valence-corrected chi connectivity index (χ1v) is 4.89. The van der Waals surface area contributed by atoms with E-state index in [1.54, 1.807) is 24.1 Å². The lowest BCUT2D eigenvalue weighted by Gasteiger charge is -2.34. The molecule has 5 heteroatoms. The number of nitrogens with zero attached hydrogens (tertiary/aromatic N) is 2. The van der Waals surface area contributed by atoms with Crippen LogP contribution in [0.15, 0.2) is 12.3 Å². The summed E-state index contributed by atoms with van der Waals surface area (Å²) in [4.78, 5) is 17.4. The molecular weight excluding hydrogens is 189 g/mol. The van der Waals surface area contributed by atoms with Gasteiger partial charge in [-0.1, -0.05) is 5.46 Å². The lowest BCUT2D eigenvalue weighted by molar-refractivity contribution is -0.117.